The molecule has 1 aliphatic rings. The molecule has 100 valence electrons. The van der Waals surface area contributed by atoms with Crippen LogP contribution >= 0.6 is 36.2 Å². The van der Waals surface area contributed by atoms with Gasteiger partial charge in [0.2, 0.25) is 8.32 Å². The normalized spacial score (nSPS) is 12.9. The third kappa shape index (κ3) is 5.64. The van der Waals surface area contributed by atoms with E-state index in [1.807, 2.05) is 0 Å². The summed E-state index contributed by atoms with van der Waals surface area (Å²) in [4.78, 5) is 1.23. The van der Waals surface area contributed by atoms with E-state index in [4.69, 9.17) is 4.43 Å². The van der Waals surface area contributed by atoms with Gasteiger partial charge in [-0.05, 0) is 36.0 Å². The average Bonchev–Trinajstić information content (AvgIpc) is 2.68. The summed E-state index contributed by atoms with van der Waals surface area (Å²) in [6.07, 6.45) is 8.53. The molecule has 0 atom stereocenters. The molecule has 0 aliphatic heterocycles. The number of halogens is 2. The maximum absolute atomic E-state index is 6.04. The van der Waals surface area contributed by atoms with Gasteiger partial charge in [0, 0.05) is 21.7 Å². The van der Waals surface area contributed by atoms with Gasteiger partial charge < -0.3 is 4.43 Å². The van der Waals surface area contributed by atoms with E-state index >= 15 is 0 Å². The smallest absolute Gasteiger partial charge is 0.240 e. The molecule has 0 saturated carbocycles. The largest absolute Gasteiger partial charge is 0.552 e. The number of hydrogen-bond acceptors (Lipinski definition) is 2. The van der Waals surface area contributed by atoms with Crippen LogP contribution in [-0.4, -0.2) is 8.32 Å². The molecule has 1 nitrogen and oxygen atoms in total. The second kappa shape index (κ2) is 8.62. The molecule has 1 aromatic heterocycles. The predicted molar refractivity (Wildman–Crippen MR) is 83.2 cm³/mol. The first-order valence-corrected chi connectivity index (χ1v) is 9.39. The van der Waals surface area contributed by atoms with Crippen molar-refractivity contribution in [1.29, 1.82) is 0 Å². The van der Waals surface area contributed by atoms with E-state index in [1.165, 1.54) is 10.5 Å². The predicted octanol–water partition coefficient (Wildman–Crippen LogP) is 4.95. The molecule has 0 radical (unpaired) electrons. The maximum atomic E-state index is 6.04. The minimum Gasteiger partial charge on any atom is -0.552 e. The van der Waals surface area contributed by atoms with Crippen molar-refractivity contribution in [1.82, 2.24) is 0 Å². The number of thiophene rings is 1. The van der Waals surface area contributed by atoms with Crippen LogP contribution in [0.3, 0.4) is 0 Å². The Balaban J connectivity index is 0. The van der Waals surface area contributed by atoms with Crippen LogP contribution in [0, 0.1) is 6.08 Å². The van der Waals surface area contributed by atoms with Gasteiger partial charge in [-0.25, -0.2) is 11.3 Å². The number of allylic oxidation sites excluding steroid dienone is 4. The van der Waals surface area contributed by atoms with Gasteiger partial charge in [0.05, 0.1) is 5.75 Å². The van der Waals surface area contributed by atoms with Crippen molar-refractivity contribution >= 4 is 50.0 Å². The van der Waals surface area contributed by atoms with E-state index in [9.17, 15) is 0 Å². The van der Waals surface area contributed by atoms with Crippen molar-refractivity contribution in [3.63, 3.8) is 0 Å². The van der Waals surface area contributed by atoms with Crippen LogP contribution in [0.25, 0.3) is 5.57 Å². The van der Waals surface area contributed by atoms with E-state index in [0.717, 1.165) is 12.2 Å². The number of rotatable bonds is 3. The Bertz CT molecular complexity index is 424. The van der Waals surface area contributed by atoms with Crippen LogP contribution in [0.5, 0.6) is 5.75 Å². The van der Waals surface area contributed by atoms with E-state index in [1.54, 1.807) is 11.3 Å². The minimum atomic E-state index is -1.50. The summed E-state index contributed by atoms with van der Waals surface area (Å²) in [6, 6.07) is 2.07. The molecule has 0 aromatic carbocycles. The van der Waals surface area contributed by atoms with Crippen molar-refractivity contribution in [2.24, 2.45) is 0 Å². The second-order valence-corrected chi connectivity index (χ2v) is 9.87. The Morgan fingerprint density at radius 1 is 1.28 bits per heavy atom. The van der Waals surface area contributed by atoms with Crippen molar-refractivity contribution < 1.29 is 26.1 Å². The Kier molecular flexibility index (Phi) is 9.96. The summed E-state index contributed by atoms with van der Waals surface area (Å²) in [6.45, 7) is 6.62. The van der Waals surface area contributed by atoms with Crippen molar-refractivity contribution in [2.45, 2.75) is 26.1 Å². The summed E-state index contributed by atoms with van der Waals surface area (Å²) in [7, 11) is -1.50. The van der Waals surface area contributed by atoms with Crippen LogP contribution in [0.15, 0.2) is 23.6 Å². The quantitative estimate of drug-likeness (QED) is 0.550. The molecule has 1 aromatic rings. The fourth-order valence-electron chi connectivity index (χ4n) is 1.46. The Hall–Kier alpha value is 0.491. The molecule has 2 rings (SSSR count). The van der Waals surface area contributed by atoms with E-state index < -0.39 is 8.32 Å². The number of hydrogen-bond donors (Lipinski definition) is 0. The molecule has 1 heterocycles. The topological polar surface area (TPSA) is 9.23 Å². The van der Waals surface area contributed by atoms with Crippen LogP contribution in [0.1, 0.15) is 11.3 Å². The summed E-state index contributed by atoms with van der Waals surface area (Å²) in [5.74, 6) is 1.04. The Morgan fingerprint density at radius 3 is 2.44 bits per heavy atom. The molecule has 0 spiro atoms. The minimum absolute atomic E-state index is 0. The van der Waals surface area contributed by atoms with Gasteiger partial charge in [-0.2, -0.15) is 17.7 Å². The van der Waals surface area contributed by atoms with Gasteiger partial charge >= 0.3 is 0 Å². The zero-order valence-electron chi connectivity index (χ0n) is 10.6. The van der Waals surface area contributed by atoms with Gasteiger partial charge in [0.25, 0.3) is 0 Å². The van der Waals surface area contributed by atoms with E-state index in [2.05, 4.69) is 49.3 Å². The molecule has 0 saturated heterocycles. The Morgan fingerprint density at radius 2 is 1.94 bits per heavy atom. The van der Waals surface area contributed by atoms with Gasteiger partial charge in [0.15, 0.2) is 0 Å². The van der Waals surface area contributed by atoms with Crippen molar-refractivity contribution in [3.05, 3.63) is 34.6 Å². The fraction of sp³-hybridized carbons (Fsp3) is 0.333. The fourth-order valence-corrected chi connectivity index (χ4v) is 3.19. The molecule has 0 N–H and O–H groups in total. The average molecular weight is 356 g/mol. The summed E-state index contributed by atoms with van der Waals surface area (Å²) >= 11 is 1.73. The zero-order valence-corrected chi connectivity index (χ0v) is 15.7. The van der Waals surface area contributed by atoms with Crippen LogP contribution < -0.4 is 4.43 Å². The monoisotopic (exact) mass is 355 g/mol. The molecule has 0 amide bonds. The second-order valence-electron chi connectivity index (χ2n) is 4.53. The molecule has 18 heavy (non-hydrogen) atoms. The molecule has 0 fully saturated rings. The molecular formula is C12H17Cl2OSSiTi-. The van der Waals surface area contributed by atoms with Gasteiger partial charge in [0.1, 0.15) is 0 Å². The Labute approximate surface area is 142 Å². The molecule has 1 aliphatic carbocycles. The first kappa shape index (κ1) is 20.8. The zero-order chi connectivity index (χ0) is 10.9. The molecule has 0 bridgehead atoms. The first-order valence-electron chi connectivity index (χ1n) is 5.10. The first-order chi connectivity index (χ1) is 7.06. The van der Waals surface area contributed by atoms with E-state index in [0.29, 0.717) is 0 Å². The van der Waals surface area contributed by atoms with E-state index in [-0.39, 0.29) is 46.5 Å². The van der Waals surface area contributed by atoms with Crippen molar-refractivity contribution in [3.8, 4) is 5.75 Å². The van der Waals surface area contributed by atoms with Gasteiger partial charge in [-0.15, -0.1) is 30.9 Å². The summed E-state index contributed by atoms with van der Waals surface area (Å²) < 4.78 is 6.04. The summed E-state index contributed by atoms with van der Waals surface area (Å²) in [5.41, 5.74) is 1.19. The standard InChI is InChI=1S/C12H15OSSi.2ClH.Ti/c1-15(2,3)13-11-8-9-14-12(11)10-6-4-5-7-10;;;/h4,6,8-9H,5H2,1-3H3;2*1H;/q-1;;;. The third-order valence-corrected chi connectivity index (χ3v) is 3.75. The maximum Gasteiger partial charge on any atom is 0.240 e. The van der Waals surface area contributed by atoms with Crippen LogP contribution in [0.2, 0.25) is 19.6 Å². The summed E-state index contributed by atoms with van der Waals surface area (Å²) in [5, 5.41) is 2.09. The molecular weight excluding hydrogens is 339 g/mol. The van der Waals surface area contributed by atoms with Gasteiger partial charge in [-0.3, -0.25) is 0 Å². The van der Waals surface area contributed by atoms with Crippen molar-refractivity contribution in [2.75, 3.05) is 0 Å². The third-order valence-electron chi connectivity index (χ3n) is 1.98. The molecule has 6 heteroatoms. The SMILES string of the molecule is C[Si](C)(C)Oc1ccsc1C1=[C-]CC=C1.Cl.Cl.[Ti]. The van der Waals surface area contributed by atoms with Gasteiger partial charge in [-0.1, -0.05) is 6.42 Å². The molecule has 0 unspecified atom stereocenters. The van der Waals surface area contributed by atoms with Crippen LogP contribution in [-0.2, 0) is 21.7 Å². The van der Waals surface area contributed by atoms with Crippen LogP contribution in [0.4, 0.5) is 0 Å².